The van der Waals surface area contributed by atoms with Gasteiger partial charge in [0.15, 0.2) is 11.6 Å². The van der Waals surface area contributed by atoms with Crippen molar-refractivity contribution < 1.29 is 32.7 Å². The zero-order chi connectivity index (χ0) is 14.8. The molecule has 3 atom stereocenters. The van der Waals surface area contributed by atoms with Crippen molar-refractivity contribution in [2.45, 2.75) is 41.5 Å². The molecule has 4 nitrogen and oxygen atoms in total. The third-order valence-electron chi connectivity index (χ3n) is 2.57. The first-order valence-corrected chi connectivity index (χ1v) is 6.51. The van der Waals surface area contributed by atoms with E-state index in [1.165, 1.54) is 0 Å². The van der Waals surface area contributed by atoms with E-state index in [0.29, 0.717) is 29.4 Å². The number of aryl methyl sites for hydroxylation is 2. The monoisotopic (exact) mass is 349 g/mol. The zero-order valence-corrected chi connectivity index (χ0v) is 16.2. The van der Waals surface area contributed by atoms with Crippen LogP contribution in [-0.4, -0.2) is 20.4 Å². The van der Waals surface area contributed by atoms with Crippen LogP contribution in [0.5, 0.6) is 0 Å². The first kappa shape index (κ1) is 21.9. The Morgan fingerprint density at radius 2 is 1.35 bits per heavy atom. The maximum atomic E-state index is 3.93. The molecule has 0 bridgehead atoms. The van der Waals surface area contributed by atoms with Gasteiger partial charge < -0.3 is 13.3 Å². The average molecular weight is 349 g/mol. The molecule has 1 heterocycles. The molecule has 0 spiro atoms. The van der Waals surface area contributed by atoms with Crippen molar-refractivity contribution >= 4 is 0 Å². The van der Waals surface area contributed by atoms with E-state index in [0.717, 1.165) is 0 Å². The molecule has 0 aliphatic rings. The third kappa shape index (κ3) is 11.4. The quantitative estimate of drug-likeness (QED) is 0.609. The number of nitrogens with zero attached hydrogens (tertiary/aromatic N) is 4. The van der Waals surface area contributed by atoms with Gasteiger partial charge in [0.2, 0.25) is 0 Å². The van der Waals surface area contributed by atoms with E-state index in [9.17, 15) is 0 Å². The third-order valence-corrected chi connectivity index (χ3v) is 2.57. The van der Waals surface area contributed by atoms with Gasteiger partial charge >= 0.3 is 0 Å². The second-order valence-corrected chi connectivity index (χ2v) is 4.67. The topological polar surface area (TPSA) is 51.6 Å². The number of rotatable bonds is 2. The van der Waals surface area contributed by atoms with Crippen LogP contribution in [0, 0.1) is 56.8 Å². The standard InChI is InChI=1S/C11H18.C4H6N4.Y/c1-6-10(4)7-8-11(5)9(2)3;1-3-5-7-4(2)8-6-3;/h6,9-11H,2H2,1,3-5H3;1-2H3;/q-2;;. The first-order chi connectivity index (χ1) is 8.86. The Balaban J connectivity index is 0. The van der Waals surface area contributed by atoms with Gasteiger partial charge in [-0.15, -0.1) is 38.2 Å². The number of hydrogen-bond donors (Lipinski definition) is 0. The summed E-state index contributed by atoms with van der Waals surface area (Å²) < 4.78 is 0. The van der Waals surface area contributed by atoms with Gasteiger partial charge in [-0.2, -0.15) is 12.8 Å². The van der Waals surface area contributed by atoms with Crippen molar-refractivity contribution in [1.29, 1.82) is 0 Å². The second kappa shape index (κ2) is 12.4. The summed E-state index contributed by atoms with van der Waals surface area (Å²) in [6.07, 6.45) is 2.10. The van der Waals surface area contributed by atoms with E-state index >= 15 is 0 Å². The second-order valence-electron chi connectivity index (χ2n) is 4.67. The predicted molar refractivity (Wildman–Crippen MR) is 77.7 cm³/mol. The Morgan fingerprint density at radius 3 is 1.65 bits per heavy atom. The molecular formula is C15H24N4Y-2. The molecule has 109 valence electrons. The fraction of sp³-hybridized carbons (Fsp3) is 0.600. The minimum absolute atomic E-state index is 0. The summed E-state index contributed by atoms with van der Waals surface area (Å²) in [6.45, 7) is 15.8. The molecule has 0 saturated carbocycles. The van der Waals surface area contributed by atoms with Gasteiger partial charge in [-0.25, -0.2) is 0 Å². The van der Waals surface area contributed by atoms with E-state index in [-0.39, 0.29) is 32.7 Å². The minimum Gasteiger partial charge on any atom is -0.339 e. The van der Waals surface area contributed by atoms with Crippen LogP contribution < -0.4 is 0 Å². The Kier molecular flexibility index (Phi) is 13.5. The van der Waals surface area contributed by atoms with Crippen LogP contribution in [0.4, 0.5) is 0 Å². The van der Waals surface area contributed by atoms with E-state index < -0.39 is 0 Å². The molecule has 0 fully saturated rings. The van der Waals surface area contributed by atoms with E-state index in [1.807, 2.05) is 6.92 Å². The smallest absolute Gasteiger partial charge is 0.170 e. The molecule has 0 N–H and O–H groups in total. The molecule has 0 aromatic carbocycles. The molecule has 20 heavy (non-hydrogen) atoms. The van der Waals surface area contributed by atoms with E-state index in [4.69, 9.17) is 0 Å². The van der Waals surface area contributed by atoms with Crippen LogP contribution >= 0.6 is 0 Å². The van der Waals surface area contributed by atoms with Crippen LogP contribution in [0.25, 0.3) is 0 Å². The van der Waals surface area contributed by atoms with Gasteiger partial charge in [-0.3, -0.25) is 0 Å². The molecule has 1 aromatic rings. The van der Waals surface area contributed by atoms with Crippen molar-refractivity contribution in [3.8, 4) is 11.8 Å². The maximum absolute atomic E-state index is 3.93. The Labute approximate surface area is 148 Å². The molecule has 0 amide bonds. The van der Waals surface area contributed by atoms with Gasteiger partial charge in [0.05, 0.1) is 0 Å². The largest absolute Gasteiger partial charge is 0.339 e. The summed E-state index contributed by atoms with van der Waals surface area (Å²) in [5.74, 6) is 8.82. The van der Waals surface area contributed by atoms with E-state index in [2.05, 4.69) is 66.4 Å². The maximum Gasteiger partial charge on any atom is 0.170 e. The van der Waals surface area contributed by atoms with Crippen LogP contribution in [0.3, 0.4) is 0 Å². The van der Waals surface area contributed by atoms with Gasteiger partial charge in [0.1, 0.15) is 0 Å². The minimum atomic E-state index is 0. The zero-order valence-electron chi connectivity index (χ0n) is 13.4. The molecule has 5 heteroatoms. The summed E-state index contributed by atoms with van der Waals surface area (Å²) in [5, 5.41) is 14.6. The molecule has 1 radical (unpaired) electrons. The fourth-order valence-corrected chi connectivity index (χ4v) is 0.818. The molecular weight excluding hydrogens is 325 g/mol. The van der Waals surface area contributed by atoms with E-state index in [1.54, 1.807) is 13.8 Å². The van der Waals surface area contributed by atoms with Gasteiger partial charge in [0, 0.05) is 32.7 Å². The van der Waals surface area contributed by atoms with Gasteiger partial charge in [-0.1, -0.05) is 20.8 Å². The summed E-state index contributed by atoms with van der Waals surface area (Å²) in [7, 11) is 0. The van der Waals surface area contributed by atoms with Crippen LogP contribution in [0.15, 0.2) is 0 Å². The van der Waals surface area contributed by atoms with Crippen molar-refractivity contribution in [3.05, 3.63) is 25.0 Å². The van der Waals surface area contributed by atoms with Crippen molar-refractivity contribution in [2.75, 3.05) is 0 Å². The Bertz CT molecular complexity index is 385. The average Bonchev–Trinajstić information content (AvgIpc) is 2.39. The molecule has 1 rings (SSSR count). The normalized spacial score (nSPS) is 13.6. The SMILES string of the molecule is Cc1nnc(C)nn1.[CH2-]C(C)C(C)C#CC(C)[CH-]C.[Y]. The molecule has 0 saturated heterocycles. The first-order valence-electron chi connectivity index (χ1n) is 6.51. The van der Waals surface area contributed by atoms with Crippen molar-refractivity contribution in [1.82, 2.24) is 20.4 Å². The van der Waals surface area contributed by atoms with Crippen molar-refractivity contribution in [3.63, 3.8) is 0 Å². The van der Waals surface area contributed by atoms with Crippen LogP contribution in [-0.2, 0) is 32.7 Å². The predicted octanol–water partition coefficient (Wildman–Crippen LogP) is 2.84. The molecule has 0 aliphatic carbocycles. The molecule has 0 aliphatic heterocycles. The molecule has 1 aromatic heterocycles. The summed E-state index contributed by atoms with van der Waals surface area (Å²) in [4.78, 5) is 0. The Hall–Kier alpha value is -0.396. The van der Waals surface area contributed by atoms with Gasteiger partial charge in [-0.05, 0) is 19.8 Å². The molecule has 3 unspecified atom stereocenters. The summed E-state index contributed by atoms with van der Waals surface area (Å²) in [5.41, 5.74) is 0. The summed E-state index contributed by atoms with van der Waals surface area (Å²) in [6, 6.07) is 0. The van der Waals surface area contributed by atoms with Gasteiger partial charge in [0.25, 0.3) is 0 Å². The fourth-order valence-electron chi connectivity index (χ4n) is 0.818. The summed E-state index contributed by atoms with van der Waals surface area (Å²) >= 11 is 0. The van der Waals surface area contributed by atoms with Crippen LogP contribution in [0.2, 0.25) is 0 Å². The number of aromatic nitrogens is 4. The van der Waals surface area contributed by atoms with Crippen molar-refractivity contribution in [2.24, 2.45) is 17.8 Å². The van der Waals surface area contributed by atoms with Crippen LogP contribution in [0.1, 0.15) is 39.3 Å². The Morgan fingerprint density at radius 1 is 0.950 bits per heavy atom. The number of hydrogen-bond acceptors (Lipinski definition) is 4.